The van der Waals surface area contributed by atoms with Crippen molar-refractivity contribution < 1.29 is 9.59 Å². The predicted molar refractivity (Wildman–Crippen MR) is 119 cm³/mol. The lowest BCUT2D eigenvalue weighted by molar-refractivity contribution is -0.116. The molecule has 7 heteroatoms. The predicted octanol–water partition coefficient (Wildman–Crippen LogP) is 3.51. The van der Waals surface area contributed by atoms with Gasteiger partial charge in [-0.2, -0.15) is 0 Å². The van der Waals surface area contributed by atoms with Crippen LogP contribution < -0.4 is 10.2 Å². The molecule has 0 radical (unpaired) electrons. The van der Waals surface area contributed by atoms with Crippen LogP contribution >= 0.6 is 15.9 Å². The molecular formula is C22H31BrN4O2. The van der Waals surface area contributed by atoms with Gasteiger partial charge in [-0.3, -0.25) is 4.79 Å². The summed E-state index contributed by atoms with van der Waals surface area (Å²) in [5.41, 5.74) is 3.78. The lowest BCUT2D eigenvalue weighted by Gasteiger charge is -2.48. The van der Waals surface area contributed by atoms with Crippen molar-refractivity contribution >= 4 is 33.6 Å². The minimum atomic E-state index is 0.0284. The first-order valence-electron chi connectivity index (χ1n) is 10.7. The number of amides is 3. The monoisotopic (exact) mass is 462 g/mol. The van der Waals surface area contributed by atoms with Gasteiger partial charge < -0.3 is 20.0 Å². The Morgan fingerprint density at radius 2 is 1.90 bits per heavy atom. The van der Waals surface area contributed by atoms with Crippen molar-refractivity contribution in [2.24, 2.45) is 0 Å². The highest BCUT2D eigenvalue weighted by molar-refractivity contribution is 9.10. The van der Waals surface area contributed by atoms with Gasteiger partial charge in [0.2, 0.25) is 5.91 Å². The van der Waals surface area contributed by atoms with Crippen molar-refractivity contribution in [1.29, 1.82) is 0 Å². The normalized spacial score (nSPS) is 28.0. The average molecular weight is 463 g/mol. The summed E-state index contributed by atoms with van der Waals surface area (Å²) >= 11 is 3.81. The van der Waals surface area contributed by atoms with E-state index in [9.17, 15) is 9.59 Å². The molecule has 1 N–H and O–H groups in total. The second-order valence-corrected chi connectivity index (χ2v) is 9.48. The minimum Gasteiger partial charge on any atom is -0.334 e. The Balaban J connectivity index is 1.65. The molecular weight excluding hydrogens is 432 g/mol. The Hall–Kier alpha value is -1.60. The van der Waals surface area contributed by atoms with Gasteiger partial charge in [0.15, 0.2) is 0 Å². The van der Waals surface area contributed by atoms with Crippen LogP contribution in [0, 0.1) is 0 Å². The molecule has 0 spiro atoms. The van der Waals surface area contributed by atoms with Gasteiger partial charge in [-0.15, -0.1) is 0 Å². The molecule has 1 saturated heterocycles. The maximum atomic E-state index is 12.6. The number of carbonyl (C=O) groups is 2. The molecule has 1 aromatic carbocycles. The molecule has 0 bridgehead atoms. The van der Waals surface area contributed by atoms with Crippen LogP contribution in [0.25, 0.3) is 0 Å². The zero-order valence-electron chi connectivity index (χ0n) is 17.7. The Bertz CT molecular complexity index is 825. The van der Waals surface area contributed by atoms with Crippen molar-refractivity contribution in [3.8, 4) is 0 Å². The molecule has 2 heterocycles. The zero-order valence-corrected chi connectivity index (χ0v) is 19.3. The van der Waals surface area contributed by atoms with Crippen LogP contribution in [0.1, 0.15) is 56.6 Å². The van der Waals surface area contributed by atoms with Crippen molar-refractivity contribution in [2.45, 2.75) is 57.5 Å². The van der Waals surface area contributed by atoms with Gasteiger partial charge in [-0.25, -0.2) is 4.79 Å². The van der Waals surface area contributed by atoms with Crippen molar-refractivity contribution in [1.82, 2.24) is 15.1 Å². The Kier molecular flexibility index (Phi) is 5.64. The van der Waals surface area contributed by atoms with Crippen LogP contribution in [0.5, 0.6) is 0 Å². The third-order valence-electron chi connectivity index (χ3n) is 7.05. The van der Waals surface area contributed by atoms with Crippen LogP contribution in [0.2, 0.25) is 0 Å². The fourth-order valence-electron chi connectivity index (χ4n) is 5.70. The number of likely N-dealkylation sites (tertiary alicyclic amines) is 1. The largest absolute Gasteiger partial charge is 0.334 e. The SMILES string of the molecule is CCN(CC)C(=O)N[C@H]1C[C@@H]2c3c(Br)ccc4c3[C@H](C[C@H]2N(C)C1)CN4C(C)=O. The van der Waals surface area contributed by atoms with Gasteiger partial charge in [-0.1, -0.05) is 15.9 Å². The number of hydrogen-bond acceptors (Lipinski definition) is 3. The van der Waals surface area contributed by atoms with E-state index in [1.807, 2.05) is 23.6 Å². The van der Waals surface area contributed by atoms with Gasteiger partial charge in [0.05, 0.1) is 0 Å². The number of carbonyl (C=O) groups excluding carboxylic acids is 2. The summed E-state index contributed by atoms with van der Waals surface area (Å²) in [6.45, 7) is 8.77. The number of hydrogen-bond donors (Lipinski definition) is 1. The van der Waals surface area contributed by atoms with E-state index in [2.05, 4.69) is 45.3 Å². The fourth-order valence-corrected chi connectivity index (χ4v) is 6.34. The van der Waals surface area contributed by atoms with E-state index in [-0.39, 0.29) is 18.0 Å². The topological polar surface area (TPSA) is 55.9 Å². The number of fused-ring (bicyclic) bond motifs is 2. The van der Waals surface area contributed by atoms with Gasteiger partial charge in [0.25, 0.3) is 0 Å². The highest BCUT2D eigenvalue weighted by Crippen LogP contribution is 2.53. The number of anilines is 1. The van der Waals surface area contributed by atoms with E-state index in [0.717, 1.165) is 49.2 Å². The fraction of sp³-hybridized carbons (Fsp3) is 0.636. The number of rotatable bonds is 3. The Morgan fingerprint density at radius 1 is 1.17 bits per heavy atom. The highest BCUT2D eigenvalue weighted by Gasteiger charge is 2.47. The lowest BCUT2D eigenvalue weighted by atomic mass is 9.70. The van der Waals surface area contributed by atoms with Crippen LogP contribution in [0.15, 0.2) is 16.6 Å². The van der Waals surface area contributed by atoms with Crippen LogP contribution in [-0.2, 0) is 4.79 Å². The van der Waals surface area contributed by atoms with E-state index in [1.54, 1.807) is 6.92 Å². The Labute approximate surface area is 181 Å². The van der Waals surface area contributed by atoms with E-state index in [1.165, 1.54) is 11.1 Å². The number of nitrogens with one attached hydrogen (secondary N) is 1. The highest BCUT2D eigenvalue weighted by atomic mass is 79.9. The van der Waals surface area contributed by atoms with Crippen molar-refractivity contribution in [3.05, 3.63) is 27.7 Å². The number of urea groups is 1. The smallest absolute Gasteiger partial charge is 0.317 e. The zero-order chi connectivity index (χ0) is 20.9. The number of benzene rings is 1. The van der Waals surface area contributed by atoms with Gasteiger partial charge in [-0.05, 0) is 57.0 Å². The summed E-state index contributed by atoms with van der Waals surface area (Å²) in [6, 6.07) is 4.76. The third kappa shape index (κ3) is 3.46. The van der Waals surface area contributed by atoms with Crippen LogP contribution in [0.4, 0.5) is 10.5 Å². The summed E-state index contributed by atoms with van der Waals surface area (Å²) in [5, 5.41) is 3.27. The average Bonchev–Trinajstić information content (AvgIpc) is 3.05. The quantitative estimate of drug-likeness (QED) is 0.747. The molecule has 3 amide bonds. The summed E-state index contributed by atoms with van der Waals surface area (Å²) in [5.74, 6) is 0.861. The van der Waals surface area contributed by atoms with E-state index >= 15 is 0 Å². The van der Waals surface area contributed by atoms with Gasteiger partial charge >= 0.3 is 6.03 Å². The molecule has 0 aromatic heterocycles. The first-order chi connectivity index (χ1) is 13.8. The summed E-state index contributed by atoms with van der Waals surface area (Å²) in [6.07, 6.45) is 2.00. The molecule has 29 heavy (non-hydrogen) atoms. The minimum absolute atomic E-state index is 0.0284. The van der Waals surface area contributed by atoms with Crippen LogP contribution in [0.3, 0.4) is 0 Å². The summed E-state index contributed by atoms with van der Waals surface area (Å²) in [7, 11) is 2.17. The lowest BCUT2D eigenvalue weighted by Crippen LogP contribution is -2.56. The molecule has 0 unspecified atom stereocenters. The maximum absolute atomic E-state index is 12.6. The molecule has 1 aromatic rings. The molecule has 1 aliphatic carbocycles. The van der Waals surface area contributed by atoms with E-state index < -0.39 is 0 Å². The van der Waals surface area contributed by atoms with Crippen LogP contribution in [-0.4, -0.2) is 67.0 Å². The number of likely N-dealkylation sites (N-methyl/N-ethyl adjacent to an activating group) is 1. The van der Waals surface area contributed by atoms with E-state index in [4.69, 9.17) is 0 Å². The second kappa shape index (κ2) is 7.91. The summed E-state index contributed by atoms with van der Waals surface area (Å²) in [4.78, 5) is 31.0. The van der Waals surface area contributed by atoms with Gasteiger partial charge in [0.1, 0.15) is 0 Å². The standard InChI is InChI=1S/C22H31BrN4O2/c1-5-26(6-2)22(29)24-15-10-16-19(25(4)12-15)9-14-11-27(13(3)28)18-8-7-17(23)21(16)20(14)18/h7-8,14-16,19H,5-6,9-12H2,1-4H3,(H,24,29)/t14-,15+,16+,19-/m1/s1. The number of nitrogens with zero attached hydrogens (tertiary/aromatic N) is 3. The molecule has 2 aliphatic heterocycles. The molecule has 158 valence electrons. The third-order valence-corrected chi connectivity index (χ3v) is 7.74. The van der Waals surface area contributed by atoms with E-state index in [0.29, 0.717) is 17.9 Å². The molecule has 0 saturated carbocycles. The number of halogens is 1. The second-order valence-electron chi connectivity index (χ2n) is 8.62. The van der Waals surface area contributed by atoms with Crippen molar-refractivity contribution in [3.63, 3.8) is 0 Å². The molecule has 4 rings (SSSR count). The summed E-state index contributed by atoms with van der Waals surface area (Å²) < 4.78 is 1.13. The van der Waals surface area contributed by atoms with Crippen molar-refractivity contribution in [2.75, 3.05) is 38.1 Å². The first-order valence-corrected chi connectivity index (χ1v) is 11.5. The molecule has 1 fully saturated rings. The molecule has 4 atom stereocenters. The van der Waals surface area contributed by atoms with Gasteiger partial charge in [0, 0.05) is 67.2 Å². The maximum Gasteiger partial charge on any atom is 0.317 e. The Morgan fingerprint density at radius 3 is 2.55 bits per heavy atom. The molecule has 6 nitrogen and oxygen atoms in total. The molecule has 3 aliphatic rings. The first kappa shape index (κ1) is 20.7. The number of piperidine rings is 1.